The van der Waals surface area contributed by atoms with Crippen LogP contribution in [0.4, 0.5) is 4.79 Å². The first-order valence-electron chi connectivity index (χ1n) is 8.76. The number of methoxy groups -OCH3 is 1. The molecule has 0 bridgehead atoms. The number of rotatable bonds is 9. The van der Waals surface area contributed by atoms with Crippen molar-refractivity contribution in [2.75, 3.05) is 26.9 Å². The Morgan fingerprint density at radius 2 is 2.04 bits per heavy atom. The summed E-state index contributed by atoms with van der Waals surface area (Å²) < 4.78 is 7.00. The molecule has 7 heteroatoms. The van der Waals surface area contributed by atoms with Gasteiger partial charge in [0.1, 0.15) is 0 Å². The number of carbonyl (C=O) groups excluding carboxylic acids is 1. The van der Waals surface area contributed by atoms with Gasteiger partial charge in [0.25, 0.3) is 0 Å². The van der Waals surface area contributed by atoms with Crippen molar-refractivity contribution >= 4 is 6.03 Å². The van der Waals surface area contributed by atoms with Crippen molar-refractivity contribution < 1.29 is 14.6 Å². The molecule has 0 fully saturated rings. The molecule has 142 valence electrons. The molecule has 0 spiro atoms. The number of aliphatic hydroxyl groups is 1. The second-order valence-corrected chi connectivity index (χ2v) is 6.15. The van der Waals surface area contributed by atoms with Crippen LogP contribution in [-0.2, 0) is 24.4 Å². The SMILES string of the molecule is COCCn1nc(C)c(CNC(=O)N(CCO)Cc2ccccc2)c1C. The number of urea groups is 1. The number of aliphatic hydroxyl groups excluding tert-OH is 1. The van der Waals surface area contributed by atoms with E-state index in [2.05, 4.69) is 10.4 Å². The van der Waals surface area contributed by atoms with Crippen molar-refractivity contribution in [3.8, 4) is 0 Å². The van der Waals surface area contributed by atoms with Gasteiger partial charge in [-0.1, -0.05) is 30.3 Å². The van der Waals surface area contributed by atoms with E-state index in [9.17, 15) is 9.90 Å². The summed E-state index contributed by atoms with van der Waals surface area (Å²) in [6.07, 6.45) is 0. The topological polar surface area (TPSA) is 79.6 Å². The number of nitrogens with zero attached hydrogens (tertiary/aromatic N) is 3. The zero-order valence-electron chi connectivity index (χ0n) is 15.7. The number of hydrogen-bond acceptors (Lipinski definition) is 4. The van der Waals surface area contributed by atoms with Crippen molar-refractivity contribution in [3.63, 3.8) is 0 Å². The van der Waals surface area contributed by atoms with E-state index in [1.54, 1.807) is 12.0 Å². The Hall–Kier alpha value is -2.38. The Kier molecular flexibility index (Phi) is 7.62. The number of hydrogen-bond donors (Lipinski definition) is 2. The monoisotopic (exact) mass is 360 g/mol. The van der Waals surface area contributed by atoms with Crippen LogP contribution in [0.2, 0.25) is 0 Å². The van der Waals surface area contributed by atoms with Crippen molar-refractivity contribution in [1.29, 1.82) is 0 Å². The summed E-state index contributed by atoms with van der Waals surface area (Å²) in [5, 5.41) is 16.7. The third-order valence-corrected chi connectivity index (χ3v) is 4.33. The lowest BCUT2D eigenvalue weighted by atomic mass is 10.2. The number of aromatic nitrogens is 2. The molecule has 0 aliphatic carbocycles. The highest BCUT2D eigenvalue weighted by atomic mass is 16.5. The van der Waals surface area contributed by atoms with Crippen LogP contribution in [0.3, 0.4) is 0 Å². The third-order valence-electron chi connectivity index (χ3n) is 4.33. The Morgan fingerprint density at radius 3 is 2.69 bits per heavy atom. The summed E-state index contributed by atoms with van der Waals surface area (Å²) >= 11 is 0. The van der Waals surface area contributed by atoms with Crippen molar-refractivity contribution in [3.05, 3.63) is 52.8 Å². The molecule has 26 heavy (non-hydrogen) atoms. The van der Waals surface area contributed by atoms with E-state index in [1.165, 1.54) is 0 Å². The molecule has 2 rings (SSSR count). The van der Waals surface area contributed by atoms with Crippen LogP contribution in [-0.4, -0.2) is 52.7 Å². The zero-order chi connectivity index (χ0) is 18.9. The maximum Gasteiger partial charge on any atom is 0.318 e. The lowest BCUT2D eigenvalue weighted by molar-refractivity contribution is 0.173. The van der Waals surface area contributed by atoms with Crippen molar-refractivity contribution in [1.82, 2.24) is 20.0 Å². The minimum atomic E-state index is -0.202. The normalized spacial score (nSPS) is 10.8. The molecule has 0 unspecified atom stereocenters. The van der Waals surface area contributed by atoms with Gasteiger partial charge in [-0.15, -0.1) is 0 Å². The molecule has 1 heterocycles. The van der Waals surface area contributed by atoms with Gasteiger partial charge in [0, 0.05) is 38.0 Å². The van der Waals surface area contributed by atoms with E-state index in [1.807, 2.05) is 48.9 Å². The molecule has 0 radical (unpaired) electrons. The summed E-state index contributed by atoms with van der Waals surface area (Å²) in [4.78, 5) is 14.2. The number of carbonyl (C=O) groups is 1. The molecule has 0 aliphatic rings. The summed E-state index contributed by atoms with van der Waals surface area (Å²) in [5.41, 5.74) is 3.96. The van der Waals surface area contributed by atoms with Gasteiger partial charge in [0.05, 0.1) is 25.5 Å². The van der Waals surface area contributed by atoms with Crippen LogP contribution in [0.25, 0.3) is 0 Å². The highest BCUT2D eigenvalue weighted by Crippen LogP contribution is 2.13. The van der Waals surface area contributed by atoms with Crippen LogP contribution in [0, 0.1) is 13.8 Å². The van der Waals surface area contributed by atoms with Gasteiger partial charge in [-0.25, -0.2) is 4.79 Å². The van der Waals surface area contributed by atoms with Gasteiger partial charge in [0.15, 0.2) is 0 Å². The maximum absolute atomic E-state index is 12.6. The highest BCUT2D eigenvalue weighted by molar-refractivity contribution is 5.74. The van der Waals surface area contributed by atoms with Gasteiger partial charge in [0.2, 0.25) is 0 Å². The van der Waals surface area contributed by atoms with Gasteiger partial charge in [-0.05, 0) is 19.4 Å². The lowest BCUT2D eigenvalue weighted by Crippen LogP contribution is -2.40. The molecular formula is C19H28N4O3. The molecule has 0 saturated heterocycles. The van der Waals surface area contributed by atoms with E-state index < -0.39 is 0 Å². The molecule has 2 N–H and O–H groups in total. The number of ether oxygens (including phenoxy) is 1. The Bertz CT molecular complexity index is 700. The fourth-order valence-corrected chi connectivity index (χ4v) is 2.84. The number of aryl methyl sites for hydroxylation is 1. The van der Waals surface area contributed by atoms with E-state index >= 15 is 0 Å². The minimum Gasteiger partial charge on any atom is -0.395 e. The number of benzene rings is 1. The van der Waals surface area contributed by atoms with Gasteiger partial charge < -0.3 is 20.1 Å². The smallest absolute Gasteiger partial charge is 0.318 e. The average Bonchev–Trinajstić information content (AvgIpc) is 2.91. The molecule has 0 saturated carbocycles. The number of nitrogens with one attached hydrogen (secondary N) is 1. The quantitative estimate of drug-likeness (QED) is 0.715. The molecule has 2 aromatic rings. The summed E-state index contributed by atoms with van der Waals surface area (Å²) in [5.74, 6) is 0. The summed E-state index contributed by atoms with van der Waals surface area (Å²) in [7, 11) is 1.66. The van der Waals surface area contributed by atoms with Crippen LogP contribution in [0.15, 0.2) is 30.3 Å². The molecule has 1 aromatic carbocycles. The lowest BCUT2D eigenvalue weighted by Gasteiger charge is -2.22. The van der Waals surface area contributed by atoms with Crippen LogP contribution >= 0.6 is 0 Å². The second-order valence-electron chi connectivity index (χ2n) is 6.15. The van der Waals surface area contributed by atoms with Crippen LogP contribution < -0.4 is 5.32 Å². The van der Waals surface area contributed by atoms with E-state index in [-0.39, 0.29) is 19.2 Å². The molecular weight excluding hydrogens is 332 g/mol. The fraction of sp³-hybridized carbons (Fsp3) is 0.474. The van der Waals surface area contributed by atoms with E-state index in [0.717, 1.165) is 22.5 Å². The van der Waals surface area contributed by atoms with Crippen molar-refractivity contribution in [2.45, 2.75) is 33.5 Å². The first-order valence-corrected chi connectivity index (χ1v) is 8.76. The van der Waals surface area contributed by atoms with Crippen molar-refractivity contribution in [2.24, 2.45) is 0 Å². The van der Waals surface area contributed by atoms with Crippen LogP contribution in [0.1, 0.15) is 22.5 Å². The highest BCUT2D eigenvalue weighted by Gasteiger charge is 2.16. The molecule has 2 amide bonds. The Labute approximate surface area is 154 Å². The summed E-state index contributed by atoms with van der Waals surface area (Å²) in [6.45, 7) is 6.27. The predicted molar refractivity (Wildman–Crippen MR) is 99.8 cm³/mol. The van der Waals surface area contributed by atoms with Gasteiger partial charge in [-0.2, -0.15) is 5.10 Å². The zero-order valence-corrected chi connectivity index (χ0v) is 15.7. The largest absolute Gasteiger partial charge is 0.395 e. The Morgan fingerprint density at radius 1 is 1.31 bits per heavy atom. The molecule has 0 aliphatic heterocycles. The molecule has 1 aromatic heterocycles. The van der Waals surface area contributed by atoms with Gasteiger partial charge in [-0.3, -0.25) is 4.68 Å². The first kappa shape index (κ1) is 19.9. The minimum absolute atomic E-state index is 0.0761. The molecule has 0 atom stereocenters. The number of amides is 2. The summed E-state index contributed by atoms with van der Waals surface area (Å²) in [6, 6.07) is 9.53. The standard InChI is InChI=1S/C19H28N4O3/c1-15-18(16(2)23(21-15)10-12-26-3)13-20-19(25)22(9-11-24)14-17-7-5-4-6-8-17/h4-8,24H,9-14H2,1-3H3,(H,20,25). The first-order chi connectivity index (χ1) is 12.6. The maximum atomic E-state index is 12.6. The van der Waals surface area contributed by atoms with Gasteiger partial charge >= 0.3 is 6.03 Å². The predicted octanol–water partition coefficient (Wildman–Crippen LogP) is 1.85. The van der Waals surface area contributed by atoms with E-state index in [4.69, 9.17) is 4.74 Å². The van der Waals surface area contributed by atoms with Crippen LogP contribution in [0.5, 0.6) is 0 Å². The Balaban J connectivity index is 2.00. The molecule has 7 nitrogen and oxygen atoms in total. The second kappa shape index (κ2) is 9.94. The third kappa shape index (κ3) is 5.31. The van der Waals surface area contributed by atoms with E-state index in [0.29, 0.717) is 26.2 Å². The average molecular weight is 360 g/mol. The fourth-order valence-electron chi connectivity index (χ4n) is 2.84.